The summed E-state index contributed by atoms with van der Waals surface area (Å²) < 4.78 is 0. The monoisotopic (exact) mass is 276 g/mol. The lowest BCUT2D eigenvalue weighted by atomic mass is 10.0. The molecule has 1 heterocycles. The van der Waals surface area contributed by atoms with Crippen LogP contribution in [0.25, 0.3) is 10.9 Å². The smallest absolute Gasteiger partial charge is 0.0705 e. The van der Waals surface area contributed by atoms with Gasteiger partial charge >= 0.3 is 0 Å². The quantitative estimate of drug-likeness (QED) is 0.799. The van der Waals surface area contributed by atoms with E-state index in [1.54, 1.807) is 0 Å². The van der Waals surface area contributed by atoms with E-state index in [1.165, 1.54) is 25.7 Å². The number of hydrogen-bond acceptors (Lipinski definition) is 1. The van der Waals surface area contributed by atoms with Crippen molar-refractivity contribution in [2.24, 2.45) is 5.41 Å². The molecule has 19 heavy (non-hydrogen) atoms. The van der Waals surface area contributed by atoms with Crippen LogP contribution in [-0.2, 0) is 6.54 Å². The molecule has 0 atom stereocenters. The van der Waals surface area contributed by atoms with Crippen LogP contribution in [0.3, 0.4) is 0 Å². The van der Waals surface area contributed by atoms with Gasteiger partial charge in [0.2, 0.25) is 0 Å². The number of nitrogens with one attached hydrogen (secondary N) is 2. The Hall–Kier alpha value is -0.990. The van der Waals surface area contributed by atoms with E-state index in [0.29, 0.717) is 5.41 Å². The van der Waals surface area contributed by atoms with Gasteiger partial charge in [-0.25, -0.2) is 0 Å². The lowest BCUT2D eigenvalue weighted by molar-refractivity contribution is 0.420. The van der Waals surface area contributed by atoms with Gasteiger partial charge in [-0.1, -0.05) is 43.1 Å². The van der Waals surface area contributed by atoms with Gasteiger partial charge in [0.25, 0.3) is 0 Å². The minimum atomic E-state index is 0.591. The first-order valence-electron chi connectivity index (χ1n) is 7.20. The molecule has 0 amide bonds. The third-order valence-electron chi connectivity index (χ3n) is 4.25. The van der Waals surface area contributed by atoms with Gasteiger partial charge in [-0.2, -0.15) is 0 Å². The zero-order valence-corrected chi connectivity index (χ0v) is 12.2. The molecule has 0 spiro atoms. The van der Waals surface area contributed by atoms with Crippen molar-refractivity contribution in [3.8, 4) is 0 Å². The number of hydrogen-bond donors (Lipinski definition) is 2. The van der Waals surface area contributed by atoms with Crippen LogP contribution >= 0.6 is 11.6 Å². The fraction of sp³-hybridized carbons (Fsp3) is 0.500. The zero-order chi connectivity index (χ0) is 13.3. The molecule has 2 aromatic rings. The molecule has 0 unspecified atom stereocenters. The Morgan fingerprint density at radius 2 is 2.11 bits per heavy atom. The molecule has 3 rings (SSSR count). The zero-order valence-electron chi connectivity index (χ0n) is 11.4. The van der Waals surface area contributed by atoms with Crippen LogP contribution in [0.15, 0.2) is 24.3 Å². The van der Waals surface area contributed by atoms with E-state index in [2.05, 4.69) is 29.4 Å². The molecule has 0 bridgehead atoms. The van der Waals surface area contributed by atoms with Crippen molar-refractivity contribution in [1.29, 1.82) is 0 Å². The van der Waals surface area contributed by atoms with E-state index in [4.69, 9.17) is 11.6 Å². The Morgan fingerprint density at radius 1 is 1.32 bits per heavy atom. The molecule has 1 aliphatic rings. The van der Waals surface area contributed by atoms with Crippen molar-refractivity contribution in [2.45, 2.75) is 39.2 Å². The van der Waals surface area contributed by atoms with Crippen molar-refractivity contribution < 1.29 is 0 Å². The second-order valence-corrected chi connectivity index (χ2v) is 6.19. The second-order valence-electron chi connectivity index (χ2n) is 5.82. The van der Waals surface area contributed by atoms with Crippen LogP contribution in [0.1, 0.15) is 38.3 Å². The van der Waals surface area contributed by atoms with Gasteiger partial charge in [0.1, 0.15) is 0 Å². The Bertz CT molecular complexity index is 569. The van der Waals surface area contributed by atoms with Crippen LogP contribution in [0.4, 0.5) is 0 Å². The van der Waals surface area contributed by atoms with Crippen molar-refractivity contribution in [1.82, 2.24) is 10.3 Å². The minimum Gasteiger partial charge on any atom is -0.356 e. The molecular formula is C16H21ClN2. The average Bonchev–Trinajstić information content (AvgIpc) is 3.10. The number of halogens is 1. The summed E-state index contributed by atoms with van der Waals surface area (Å²) in [6.45, 7) is 4.22. The summed E-state index contributed by atoms with van der Waals surface area (Å²) in [7, 11) is 0. The molecule has 0 aliphatic heterocycles. The van der Waals surface area contributed by atoms with E-state index in [-0.39, 0.29) is 0 Å². The van der Waals surface area contributed by atoms with E-state index in [0.717, 1.165) is 34.7 Å². The van der Waals surface area contributed by atoms with Gasteiger partial charge in [0.15, 0.2) is 0 Å². The predicted molar refractivity (Wildman–Crippen MR) is 81.6 cm³/mol. The summed E-state index contributed by atoms with van der Waals surface area (Å²) in [6.07, 6.45) is 5.40. The van der Waals surface area contributed by atoms with Crippen molar-refractivity contribution in [2.75, 3.05) is 6.54 Å². The summed E-state index contributed by atoms with van der Waals surface area (Å²) in [6, 6.07) is 8.20. The summed E-state index contributed by atoms with van der Waals surface area (Å²) in [5, 5.41) is 5.56. The lowest BCUT2D eigenvalue weighted by Crippen LogP contribution is -2.23. The average molecular weight is 277 g/mol. The van der Waals surface area contributed by atoms with E-state index in [1.807, 2.05) is 12.1 Å². The molecule has 1 saturated carbocycles. The molecule has 1 aliphatic carbocycles. The third-order valence-corrected chi connectivity index (χ3v) is 4.68. The normalized spacial score (nSPS) is 16.9. The molecule has 2 nitrogen and oxygen atoms in total. The fourth-order valence-electron chi connectivity index (χ4n) is 2.96. The van der Waals surface area contributed by atoms with E-state index < -0.39 is 0 Å². The standard InChI is InChI=1S/C16H21ClN2/c1-2-7-16(8-9-16)11-18-10-14-15(17)12-5-3-4-6-13(12)19-14/h3-6,18-19H,2,7-11H2,1H3. The molecule has 1 aromatic carbocycles. The van der Waals surface area contributed by atoms with Gasteiger partial charge in [-0.3, -0.25) is 0 Å². The Labute approximate surface area is 119 Å². The van der Waals surface area contributed by atoms with Crippen LogP contribution in [0.5, 0.6) is 0 Å². The van der Waals surface area contributed by atoms with Crippen LogP contribution in [-0.4, -0.2) is 11.5 Å². The SMILES string of the molecule is CCCC1(CNCc2[nH]c3ccccc3c2Cl)CC1. The molecule has 1 aromatic heterocycles. The van der Waals surface area contributed by atoms with Crippen LogP contribution in [0.2, 0.25) is 5.02 Å². The maximum absolute atomic E-state index is 6.41. The van der Waals surface area contributed by atoms with E-state index in [9.17, 15) is 0 Å². The topological polar surface area (TPSA) is 27.8 Å². The van der Waals surface area contributed by atoms with Gasteiger partial charge in [-0.15, -0.1) is 0 Å². The van der Waals surface area contributed by atoms with Crippen LogP contribution in [0, 0.1) is 5.41 Å². The molecule has 102 valence electrons. The highest BCUT2D eigenvalue weighted by Gasteiger charge is 2.40. The van der Waals surface area contributed by atoms with Gasteiger partial charge in [0.05, 0.1) is 5.02 Å². The number of aromatic nitrogens is 1. The molecule has 2 N–H and O–H groups in total. The van der Waals surface area contributed by atoms with Crippen molar-refractivity contribution >= 4 is 22.5 Å². The summed E-state index contributed by atoms with van der Waals surface area (Å²) >= 11 is 6.41. The first-order valence-corrected chi connectivity index (χ1v) is 7.58. The number of benzene rings is 1. The first-order chi connectivity index (χ1) is 9.24. The number of fused-ring (bicyclic) bond motifs is 1. The summed E-state index contributed by atoms with van der Waals surface area (Å²) in [5.74, 6) is 0. The highest BCUT2D eigenvalue weighted by atomic mass is 35.5. The molecule has 1 fully saturated rings. The predicted octanol–water partition coefficient (Wildman–Crippen LogP) is 4.49. The van der Waals surface area contributed by atoms with Gasteiger partial charge in [0, 0.05) is 29.7 Å². The fourth-order valence-corrected chi connectivity index (χ4v) is 3.24. The Kier molecular flexibility index (Phi) is 3.55. The van der Waals surface area contributed by atoms with E-state index >= 15 is 0 Å². The minimum absolute atomic E-state index is 0.591. The molecule has 3 heteroatoms. The number of rotatable bonds is 6. The second kappa shape index (κ2) is 5.18. The molecule has 0 saturated heterocycles. The molecular weight excluding hydrogens is 256 g/mol. The molecule has 0 radical (unpaired) electrons. The Morgan fingerprint density at radius 3 is 2.79 bits per heavy atom. The lowest BCUT2D eigenvalue weighted by Gasteiger charge is -2.14. The van der Waals surface area contributed by atoms with Gasteiger partial charge in [-0.05, 0) is 30.7 Å². The maximum Gasteiger partial charge on any atom is 0.0705 e. The third kappa shape index (κ3) is 2.65. The number of aromatic amines is 1. The largest absolute Gasteiger partial charge is 0.356 e. The van der Waals surface area contributed by atoms with Crippen LogP contribution < -0.4 is 5.32 Å². The van der Waals surface area contributed by atoms with Gasteiger partial charge < -0.3 is 10.3 Å². The first kappa shape index (κ1) is 13.0. The number of para-hydroxylation sites is 1. The maximum atomic E-state index is 6.41. The highest BCUT2D eigenvalue weighted by molar-refractivity contribution is 6.36. The van der Waals surface area contributed by atoms with Crippen molar-refractivity contribution in [3.05, 3.63) is 35.0 Å². The van der Waals surface area contributed by atoms with Crippen molar-refractivity contribution in [3.63, 3.8) is 0 Å². The summed E-state index contributed by atoms with van der Waals surface area (Å²) in [5.41, 5.74) is 2.82. The number of H-pyrrole nitrogens is 1. The Balaban J connectivity index is 1.64. The summed E-state index contributed by atoms with van der Waals surface area (Å²) in [4.78, 5) is 3.41. The highest BCUT2D eigenvalue weighted by Crippen LogP contribution is 2.48.